The number of halogens is 2. The molecule has 1 aromatic heterocycles. The Hall–Kier alpha value is -2.38. The Morgan fingerprint density at radius 2 is 1.96 bits per heavy atom. The fourth-order valence-electron chi connectivity index (χ4n) is 2.00. The monoisotopic (exact) mass is 367 g/mol. The number of anilines is 2. The van der Waals surface area contributed by atoms with Gasteiger partial charge in [0.25, 0.3) is 11.8 Å². The fraction of sp³-hybridized carbons (Fsp3) is 0.200. The summed E-state index contributed by atoms with van der Waals surface area (Å²) in [6, 6.07) is 4.83. The van der Waals surface area contributed by atoms with E-state index in [-0.39, 0.29) is 33.2 Å². The Kier molecular flexibility index (Phi) is 5.58. The van der Waals surface area contributed by atoms with E-state index >= 15 is 0 Å². The van der Waals surface area contributed by atoms with Crippen molar-refractivity contribution in [3.05, 3.63) is 45.3 Å². The number of carbonyl (C=O) groups excluding carboxylic acids is 2. The number of amides is 2. The van der Waals surface area contributed by atoms with Crippen LogP contribution >= 0.6 is 23.2 Å². The van der Waals surface area contributed by atoms with Crippen LogP contribution in [0.4, 0.5) is 11.5 Å². The second-order valence-electron chi connectivity index (χ2n) is 4.75. The molecule has 24 heavy (non-hydrogen) atoms. The Bertz CT molecular complexity index is 811. The fourth-order valence-corrected chi connectivity index (χ4v) is 2.52. The van der Waals surface area contributed by atoms with E-state index in [9.17, 15) is 9.59 Å². The Morgan fingerprint density at radius 1 is 1.25 bits per heavy atom. The second-order valence-corrected chi connectivity index (χ2v) is 5.48. The predicted octanol–water partition coefficient (Wildman–Crippen LogP) is 2.55. The summed E-state index contributed by atoms with van der Waals surface area (Å²) in [4.78, 5) is 31.7. The van der Waals surface area contributed by atoms with Gasteiger partial charge in [0.1, 0.15) is 0 Å². The van der Waals surface area contributed by atoms with Crippen LogP contribution < -0.4 is 16.4 Å². The van der Waals surface area contributed by atoms with Gasteiger partial charge in [-0.1, -0.05) is 36.2 Å². The van der Waals surface area contributed by atoms with E-state index in [1.165, 1.54) is 7.05 Å². The van der Waals surface area contributed by atoms with Crippen molar-refractivity contribution in [1.29, 1.82) is 0 Å². The smallest absolute Gasteiger partial charge is 0.271 e. The van der Waals surface area contributed by atoms with Crippen LogP contribution in [0, 0.1) is 0 Å². The lowest BCUT2D eigenvalue weighted by Gasteiger charge is -2.13. The number of nitrogens with two attached hydrogens (primary N) is 1. The van der Waals surface area contributed by atoms with Crippen molar-refractivity contribution in [2.24, 2.45) is 5.73 Å². The summed E-state index contributed by atoms with van der Waals surface area (Å²) in [5.41, 5.74) is 6.40. The molecule has 1 aromatic carbocycles. The van der Waals surface area contributed by atoms with Crippen molar-refractivity contribution in [3.8, 4) is 0 Å². The molecular formula is C15H15Cl2N5O2. The topological polar surface area (TPSA) is 110 Å². The number of primary amides is 1. The van der Waals surface area contributed by atoms with Crippen molar-refractivity contribution in [3.63, 3.8) is 0 Å². The number of nitrogens with one attached hydrogen (secondary N) is 2. The molecular weight excluding hydrogens is 353 g/mol. The number of nitrogens with zero attached hydrogens (tertiary/aromatic N) is 2. The number of rotatable bonds is 5. The minimum Gasteiger partial charge on any atom is -0.364 e. The number of hydrogen-bond donors (Lipinski definition) is 3. The molecule has 0 atom stereocenters. The molecule has 126 valence electrons. The highest BCUT2D eigenvalue weighted by Gasteiger charge is 2.18. The summed E-state index contributed by atoms with van der Waals surface area (Å²) in [6.07, 6.45) is 0.499. The van der Waals surface area contributed by atoms with Crippen LogP contribution in [0.1, 0.15) is 33.5 Å². The van der Waals surface area contributed by atoms with Gasteiger partial charge < -0.3 is 16.4 Å². The number of carbonyl (C=O) groups is 2. The molecule has 0 unspecified atom stereocenters. The summed E-state index contributed by atoms with van der Waals surface area (Å²) in [7, 11) is 1.50. The minimum atomic E-state index is -0.755. The molecule has 0 aliphatic carbocycles. The van der Waals surface area contributed by atoms with Gasteiger partial charge in [0.2, 0.25) is 0 Å². The summed E-state index contributed by atoms with van der Waals surface area (Å²) in [5.74, 6) is -1.03. The van der Waals surface area contributed by atoms with Gasteiger partial charge in [-0.25, -0.2) is 9.97 Å². The minimum absolute atomic E-state index is 0.0577. The maximum absolute atomic E-state index is 11.8. The normalized spacial score (nSPS) is 10.3. The predicted molar refractivity (Wildman–Crippen MR) is 93.1 cm³/mol. The van der Waals surface area contributed by atoms with Crippen LogP contribution in [0.3, 0.4) is 0 Å². The van der Waals surface area contributed by atoms with Crippen molar-refractivity contribution in [2.75, 3.05) is 12.4 Å². The Morgan fingerprint density at radius 3 is 2.54 bits per heavy atom. The molecule has 1 heterocycles. The zero-order valence-corrected chi connectivity index (χ0v) is 14.5. The molecule has 0 aliphatic rings. The second kappa shape index (κ2) is 7.46. The lowest BCUT2D eigenvalue weighted by molar-refractivity contribution is 0.0961. The van der Waals surface area contributed by atoms with Crippen LogP contribution in [0.15, 0.2) is 18.2 Å². The maximum Gasteiger partial charge on any atom is 0.271 e. The highest BCUT2D eigenvalue weighted by atomic mass is 35.5. The van der Waals surface area contributed by atoms with Gasteiger partial charge in [0.05, 0.1) is 22.0 Å². The molecule has 0 fully saturated rings. The number of aromatic nitrogens is 2. The third kappa shape index (κ3) is 3.58. The van der Waals surface area contributed by atoms with Gasteiger partial charge in [0.15, 0.2) is 16.7 Å². The third-order valence-corrected chi connectivity index (χ3v) is 3.92. The molecule has 0 bridgehead atoms. The van der Waals surface area contributed by atoms with Gasteiger partial charge in [-0.3, -0.25) is 9.59 Å². The lowest BCUT2D eigenvalue weighted by Crippen LogP contribution is -2.19. The van der Waals surface area contributed by atoms with E-state index in [0.717, 1.165) is 0 Å². The first kappa shape index (κ1) is 18.0. The zero-order chi connectivity index (χ0) is 17.9. The van der Waals surface area contributed by atoms with E-state index in [0.29, 0.717) is 17.8 Å². The van der Waals surface area contributed by atoms with Gasteiger partial charge >= 0.3 is 0 Å². The highest BCUT2D eigenvalue weighted by molar-refractivity contribution is 6.36. The molecule has 2 amide bonds. The van der Waals surface area contributed by atoms with E-state index in [1.54, 1.807) is 18.2 Å². The molecule has 9 heteroatoms. The average molecular weight is 368 g/mol. The van der Waals surface area contributed by atoms with Gasteiger partial charge in [-0.2, -0.15) is 0 Å². The van der Waals surface area contributed by atoms with Crippen molar-refractivity contribution >= 4 is 46.5 Å². The van der Waals surface area contributed by atoms with E-state index < -0.39 is 5.91 Å². The first-order valence-corrected chi connectivity index (χ1v) is 7.78. The summed E-state index contributed by atoms with van der Waals surface area (Å²) in [6.45, 7) is 1.83. The largest absolute Gasteiger partial charge is 0.364 e. The maximum atomic E-state index is 11.8. The van der Waals surface area contributed by atoms with E-state index in [4.69, 9.17) is 28.9 Å². The molecule has 2 aromatic rings. The number of aryl methyl sites for hydroxylation is 1. The van der Waals surface area contributed by atoms with Crippen molar-refractivity contribution in [2.45, 2.75) is 13.3 Å². The molecule has 0 saturated heterocycles. The lowest BCUT2D eigenvalue weighted by atomic mass is 10.2. The highest BCUT2D eigenvalue weighted by Crippen LogP contribution is 2.30. The first-order chi connectivity index (χ1) is 11.4. The van der Waals surface area contributed by atoms with E-state index in [1.807, 2.05) is 6.92 Å². The summed E-state index contributed by atoms with van der Waals surface area (Å²) in [5, 5.41) is 5.68. The van der Waals surface area contributed by atoms with Crippen LogP contribution in [0.5, 0.6) is 0 Å². The molecule has 2 rings (SSSR count). The average Bonchev–Trinajstić information content (AvgIpc) is 2.56. The first-order valence-electron chi connectivity index (χ1n) is 7.02. The molecule has 0 saturated carbocycles. The van der Waals surface area contributed by atoms with Crippen LogP contribution in [-0.4, -0.2) is 28.8 Å². The summed E-state index contributed by atoms with van der Waals surface area (Å²) < 4.78 is 0. The van der Waals surface area contributed by atoms with Gasteiger partial charge in [-0.15, -0.1) is 0 Å². The Balaban J connectivity index is 2.50. The van der Waals surface area contributed by atoms with Gasteiger partial charge in [0, 0.05) is 7.05 Å². The van der Waals surface area contributed by atoms with Crippen molar-refractivity contribution < 1.29 is 9.59 Å². The quantitative estimate of drug-likeness (QED) is 0.751. The third-order valence-electron chi connectivity index (χ3n) is 3.21. The SMILES string of the molecule is CCc1nc(C(N)=O)c(Nc2cccc(C(=O)NC)c2Cl)nc1Cl. The molecule has 0 radical (unpaired) electrons. The van der Waals surface area contributed by atoms with Crippen LogP contribution in [-0.2, 0) is 6.42 Å². The molecule has 0 spiro atoms. The number of hydrogen-bond acceptors (Lipinski definition) is 5. The van der Waals surface area contributed by atoms with Gasteiger partial charge in [-0.05, 0) is 18.6 Å². The number of benzene rings is 1. The summed E-state index contributed by atoms with van der Waals surface area (Å²) >= 11 is 12.3. The standard InChI is InChI=1S/C15H15Cl2N5O2/c1-3-8-12(17)22-14(11(20-8)13(18)23)21-9-6-4-5-7(10(9)16)15(24)19-2/h4-6H,3H2,1-2H3,(H2,18,23)(H,19,24)(H,21,22). The van der Waals surface area contributed by atoms with Crippen LogP contribution in [0.2, 0.25) is 10.2 Å². The Labute approximate surface area is 148 Å². The van der Waals surface area contributed by atoms with E-state index in [2.05, 4.69) is 20.6 Å². The molecule has 7 nitrogen and oxygen atoms in total. The molecule has 0 aliphatic heterocycles. The van der Waals surface area contributed by atoms with Crippen molar-refractivity contribution in [1.82, 2.24) is 15.3 Å². The zero-order valence-electron chi connectivity index (χ0n) is 13.0. The van der Waals surface area contributed by atoms with Crippen LogP contribution in [0.25, 0.3) is 0 Å². The molecule has 4 N–H and O–H groups in total.